The molecule has 0 aromatic heterocycles. The van der Waals surface area contributed by atoms with E-state index in [2.05, 4.69) is 31.4 Å². The molecule has 2 fully saturated rings. The number of hydrogen-bond donors (Lipinski definition) is 2. The van der Waals surface area contributed by atoms with Crippen LogP contribution in [0, 0.1) is 23.7 Å². The molecule has 0 aromatic rings. The lowest BCUT2D eigenvalue weighted by atomic mass is 9.77. The predicted octanol–water partition coefficient (Wildman–Crippen LogP) is 3.37. The van der Waals surface area contributed by atoms with Gasteiger partial charge in [0, 0.05) is 18.5 Å². The van der Waals surface area contributed by atoms with Crippen LogP contribution < -0.4 is 10.6 Å². The summed E-state index contributed by atoms with van der Waals surface area (Å²) in [7, 11) is 0. The van der Waals surface area contributed by atoms with E-state index < -0.39 is 0 Å². The zero-order valence-electron chi connectivity index (χ0n) is 13.9. The van der Waals surface area contributed by atoms with Crippen molar-refractivity contribution in [1.29, 1.82) is 0 Å². The minimum atomic E-state index is 0. The van der Waals surface area contributed by atoms with Gasteiger partial charge in [-0.2, -0.15) is 0 Å². The number of nitrogens with one attached hydrogen (secondary N) is 2. The summed E-state index contributed by atoms with van der Waals surface area (Å²) in [6, 6.07) is 0.487. The van der Waals surface area contributed by atoms with Crippen molar-refractivity contribution in [2.45, 2.75) is 65.3 Å². The van der Waals surface area contributed by atoms with Crippen molar-refractivity contribution in [3.63, 3.8) is 0 Å². The van der Waals surface area contributed by atoms with Crippen molar-refractivity contribution >= 4 is 18.3 Å². The van der Waals surface area contributed by atoms with Crippen molar-refractivity contribution in [2.24, 2.45) is 23.7 Å². The number of piperidine rings is 1. The van der Waals surface area contributed by atoms with E-state index in [1.165, 1.54) is 25.7 Å². The highest BCUT2D eigenvalue weighted by molar-refractivity contribution is 5.85. The number of carbonyl (C=O) groups excluding carboxylic acids is 1. The summed E-state index contributed by atoms with van der Waals surface area (Å²) in [5.74, 6) is 2.98. The average molecular weight is 317 g/mol. The Hall–Kier alpha value is -0.280. The minimum Gasteiger partial charge on any atom is -0.356 e. The maximum Gasteiger partial charge on any atom is 0.223 e. The Bertz CT molecular complexity index is 314. The van der Waals surface area contributed by atoms with E-state index in [9.17, 15) is 4.79 Å². The van der Waals surface area contributed by atoms with Crippen molar-refractivity contribution in [3.8, 4) is 0 Å². The third-order valence-electron chi connectivity index (χ3n) is 5.39. The zero-order chi connectivity index (χ0) is 14.5. The van der Waals surface area contributed by atoms with Crippen LogP contribution in [0.4, 0.5) is 0 Å². The van der Waals surface area contributed by atoms with Crippen LogP contribution in [0.1, 0.15) is 59.3 Å². The first kappa shape index (κ1) is 18.8. The topological polar surface area (TPSA) is 41.1 Å². The van der Waals surface area contributed by atoms with Gasteiger partial charge in [0.25, 0.3) is 0 Å². The fourth-order valence-corrected chi connectivity index (χ4v) is 3.82. The van der Waals surface area contributed by atoms with Gasteiger partial charge in [-0.25, -0.2) is 0 Å². The molecule has 1 aliphatic heterocycles. The molecule has 0 spiro atoms. The van der Waals surface area contributed by atoms with Crippen LogP contribution >= 0.6 is 12.4 Å². The second-order valence-corrected chi connectivity index (χ2v) is 7.35. The Kier molecular flexibility index (Phi) is 8.04. The van der Waals surface area contributed by atoms with Crippen LogP contribution in [-0.2, 0) is 4.79 Å². The Labute approximate surface area is 136 Å². The van der Waals surface area contributed by atoms with Gasteiger partial charge in [-0.1, -0.05) is 13.8 Å². The molecule has 2 N–H and O–H groups in total. The molecule has 4 heteroatoms. The fourth-order valence-electron chi connectivity index (χ4n) is 3.82. The van der Waals surface area contributed by atoms with Crippen LogP contribution in [0.25, 0.3) is 0 Å². The Morgan fingerprint density at radius 2 is 1.86 bits per heavy atom. The first-order valence-corrected chi connectivity index (χ1v) is 8.57. The lowest BCUT2D eigenvalue weighted by molar-refractivity contribution is -0.126. The molecule has 2 atom stereocenters. The molecule has 2 aliphatic rings. The van der Waals surface area contributed by atoms with Gasteiger partial charge < -0.3 is 10.6 Å². The molecule has 1 amide bonds. The maximum absolute atomic E-state index is 12.2. The third-order valence-corrected chi connectivity index (χ3v) is 5.39. The van der Waals surface area contributed by atoms with E-state index in [1.807, 2.05) is 0 Å². The molecule has 1 heterocycles. The lowest BCUT2D eigenvalue weighted by Crippen LogP contribution is -2.43. The van der Waals surface area contributed by atoms with E-state index in [4.69, 9.17) is 0 Å². The van der Waals surface area contributed by atoms with Crippen molar-refractivity contribution < 1.29 is 4.79 Å². The molecular weight excluding hydrogens is 284 g/mol. The van der Waals surface area contributed by atoms with E-state index in [0.29, 0.717) is 17.9 Å². The third kappa shape index (κ3) is 5.78. The van der Waals surface area contributed by atoms with Crippen LogP contribution in [0.15, 0.2) is 0 Å². The van der Waals surface area contributed by atoms with Gasteiger partial charge in [0.1, 0.15) is 0 Å². The van der Waals surface area contributed by atoms with Gasteiger partial charge >= 0.3 is 0 Å². The van der Waals surface area contributed by atoms with Crippen molar-refractivity contribution in [2.75, 3.05) is 13.1 Å². The maximum atomic E-state index is 12.2. The molecule has 0 unspecified atom stereocenters. The van der Waals surface area contributed by atoms with E-state index >= 15 is 0 Å². The summed E-state index contributed by atoms with van der Waals surface area (Å²) < 4.78 is 0. The summed E-state index contributed by atoms with van der Waals surface area (Å²) in [6.45, 7) is 8.74. The van der Waals surface area contributed by atoms with Crippen LogP contribution in [0.2, 0.25) is 0 Å². The second kappa shape index (κ2) is 8.99. The first-order valence-electron chi connectivity index (χ1n) is 8.57. The summed E-state index contributed by atoms with van der Waals surface area (Å²) in [4.78, 5) is 12.2. The van der Waals surface area contributed by atoms with Gasteiger partial charge in [0.2, 0.25) is 5.91 Å². The van der Waals surface area contributed by atoms with E-state index in [-0.39, 0.29) is 18.3 Å². The highest BCUT2D eigenvalue weighted by atomic mass is 35.5. The molecule has 1 saturated heterocycles. The predicted molar refractivity (Wildman–Crippen MR) is 90.7 cm³/mol. The molecule has 3 nitrogen and oxygen atoms in total. The normalized spacial score (nSPS) is 33.3. The zero-order valence-corrected chi connectivity index (χ0v) is 14.7. The highest BCUT2D eigenvalue weighted by Crippen LogP contribution is 2.32. The summed E-state index contributed by atoms with van der Waals surface area (Å²) in [6.07, 6.45) is 7.28. The largest absolute Gasteiger partial charge is 0.356 e. The van der Waals surface area contributed by atoms with E-state index in [0.717, 1.165) is 37.8 Å². The van der Waals surface area contributed by atoms with Crippen molar-refractivity contribution in [1.82, 2.24) is 10.6 Å². The van der Waals surface area contributed by atoms with Gasteiger partial charge in [-0.15, -0.1) is 12.4 Å². The van der Waals surface area contributed by atoms with Crippen LogP contribution in [0.3, 0.4) is 0 Å². The number of hydrogen-bond acceptors (Lipinski definition) is 2. The molecule has 2 rings (SSSR count). The summed E-state index contributed by atoms with van der Waals surface area (Å²) >= 11 is 0. The average Bonchev–Trinajstić information content (AvgIpc) is 2.45. The Morgan fingerprint density at radius 1 is 1.19 bits per heavy atom. The van der Waals surface area contributed by atoms with Gasteiger partial charge in [-0.3, -0.25) is 4.79 Å². The molecule has 1 saturated carbocycles. The van der Waals surface area contributed by atoms with Crippen molar-refractivity contribution in [3.05, 3.63) is 0 Å². The SMILES string of the molecule is CC(C)C1CCC(CNC(=O)[C@H]2CCN[C@@H](C)C2)CC1.Cl. The standard InChI is InChI=1S/C17H32N2O.ClH/c1-12(2)15-6-4-14(5-7-15)11-19-17(20)16-8-9-18-13(3)10-16;/h12-16,18H,4-11H2,1-3H3,(H,19,20);1H/t13-,14?,15?,16-;/m0./s1. The number of halogens is 1. The molecule has 124 valence electrons. The van der Waals surface area contributed by atoms with Gasteiger partial charge in [0.15, 0.2) is 0 Å². The van der Waals surface area contributed by atoms with E-state index in [1.54, 1.807) is 0 Å². The molecular formula is C17H33ClN2O. The molecule has 21 heavy (non-hydrogen) atoms. The quantitative estimate of drug-likeness (QED) is 0.835. The molecule has 0 aromatic carbocycles. The first-order chi connectivity index (χ1) is 9.56. The minimum absolute atomic E-state index is 0. The smallest absolute Gasteiger partial charge is 0.223 e. The lowest BCUT2D eigenvalue weighted by Gasteiger charge is -2.32. The van der Waals surface area contributed by atoms with Gasteiger partial charge in [-0.05, 0) is 69.7 Å². The number of amides is 1. The summed E-state index contributed by atoms with van der Waals surface area (Å²) in [5, 5.41) is 6.63. The van der Waals surface area contributed by atoms with Gasteiger partial charge in [0.05, 0.1) is 0 Å². The number of rotatable bonds is 4. The Balaban J connectivity index is 0.00000220. The Morgan fingerprint density at radius 3 is 2.43 bits per heavy atom. The monoisotopic (exact) mass is 316 g/mol. The second-order valence-electron chi connectivity index (χ2n) is 7.35. The van der Waals surface area contributed by atoms with Crippen LogP contribution in [0.5, 0.6) is 0 Å². The fraction of sp³-hybridized carbons (Fsp3) is 0.941. The highest BCUT2D eigenvalue weighted by Gasteiger charge is 2.27. The molecule has 0 radical (unpaired) electrons. The summed E-state index contributed by atoms with van der Waals surface area (Å²) in [5.41, 5.74) is 0. The molecule has 0 bridgehead atoms. The van der Waals surface area contributed by atoms with Crippen LogP contribution in [-0.4, -0.2) is 25.0 Å². The molecule has 1 aliphatic carbocycles. The number of carbonyl (C=O) groups is 1.